The first-order valence-corrected chi connectivity index (χ1v) is 12.2. The number of carboxylic acid groups (broad SMARTS) is 1. The van der Waals surface area contributed by atoms with Gasteiger partial charge in [-0.2, -0.15) is 0 Å². The lowest BCUT2D eigenvalue weighted by molar-refractivity contribution is -0.116. The number of hydrogen-bond donors (Lipinski definition) is 4. The van der Waals surface area contributed by atoms with Crippen LogP contribution in [-0.4, -0.2) is 58.2 Å². The zero-order chi connectivity index (χ0) is 25.7. The molecular weight excluding hydrogens is 535 g/mol. The van der Waals surface area contributed by atoms with E-state index in [2.05, 4.69) is 36.5 Å². The molecule has 10 nitrogen and oxygen atoms in total. The number of ether oxygens (including phenoxy) is 1. The van der Waals surface area contributed by atoms with E-state index in [1.54, 1.807) is 24.3 Å². The van der Waals surface area contributed by atoms with Gasteiger partial charge in [-0.3, -0.25) is 4.79 Å². The van der Waals surface area contributed by atoms with E-state index in [0.29, 0.717) is 65.2 Å². The van der Waals surface area contributed by atoms with Crippen LogP contribution in [0.4, 0.5) is 26.4 Å². The van der Waals surface area contributed by atoms with Gasteiger partial charge in [0.05, 0.1) is 23.5 Å². The topological polar surface area (TPSA) is 143 Å². The van der Waals surface area contributed by atoms with Gasteiger partial charge in [0, 0.05) is 42.0 Å². The number of nitrogens with zero attached hydrogens (tertiary/aromatic N) is 3. The van der Waals surface area contributed by atoms with E-state index in [-0.39, 0.29) is 30.5 Å². The average molecular weight is 561 g/mol. The van der Waals surface area contributed by atoms with E-state index in [1.807, 2.05) is 0 Å². The number of nitrogens with two attached hydrogens (primary N) is 1. The van der Waals surface area contributed by atoms with Crippen molar-refractivity contribution in [2.75, 3.05) is 36.9 Å². The second kappa shape index (κ2) is 11.5. The quantitative estimate of drug-likeness (QED) is 0.318. The van der Waals surface area contributed by atoms with Gasteiger partial charge < -0.3 is 31.1 Å². The van der Waals surface area contributed by atoms with Gasteiger partial charge >= 0.3 is 6.09 Å². The molecule has 2 amide bonds. The first-order valence-electron chi connectivity index (χ1n) is 11.5. The van der Waals surface area contributed by atoms with Gasteiger partial charge in [0.2, 0.25) is 5.91 Å². The maximum atomic E-state index is 14.4. The maximum Gasteiger partial charge on any atom is 0.407 e. The van der Waals surface area contributed by atoms with Gasteiger partial charge in [-0.15, -0.1) is 0 Å². The second-order valence-corrected chi connectivity index (χ2v) is 9.36. The number of piperidine rings is 1. The van der Waals surface area contributed by atoms with Crippen molar-refractivity contribution in [3.05, 3.63) is 46.9 Å². The van der Waals surface area contributed by atoms with Crippen LogP contribution in [0.5, 0.6) is 5.75 Å². The highest BCUT2D eigenvalue weighted by atomic mass is 79.9. The van der Waals surface area contributed by atoms with Crippen LogP contribution in [0.2, 0.25) is 0 Å². The number of anilines is 3. The highest BCUT2D eigenvalue weighted by Crippen LogP contribution is 2.35. The molecule has 0 saturated carbocycles. The number of aromatic nitrogens is 2. The lowest BCUT2D eigenvalue weighted by Crippen LogP contribution is -2.38. The second-order valence-electron chi connectivity index (χ2n) is 8.45. The highest BCUT2D eigenvalue weighted by molar-refractivity contribution is 9.10. The van der Waals surface area contributed by atoms with Crippen molar-refractivity contribution in [3.8, 4) is 5.75 Å². The Bertz CT molecular complexity index is 1270. The minimum Gasteiger partial charge on any atom is -0.491 e. The molecule has 1 fully saturated rings. The molecule has 2 aromatic carbocycles. The number of fused-ring (bicyclic) bond motifs is 1. The smallest absolute Gasteiger partial charge is 0.407 e. The fourth-order valence-electron chi connectivity index (χ4n) is 3.96. The van der Waals surface area contributed by atoms with E-state index >= 15 is 0 Å². The molecular formula is C24H26BrFN6O4. The molecule has 0 aliphatic carbocycles. The Labute approximate surface area is 215 Å². The molecule has 0 unspecified atom stereocenters. The van der Waals surface area contributed by atoms with Gasteiger partial charge in [-0.05, 0) is 43.0 Å². The van der Waals surface area contributed by atoms with Gasteiger partial charge in [0.25, 0.3) is 0 Å². The lowest BCUT2D eigenvalue weighted by atomic mass is 9.98. The van der Waals surface area contributed by atoms with Crippen LogP contribution in [0.3, 0.4) is 0 Å². The maximum absolute atomic E-state index is 14.4. The standard InChI is InChI=1S/C24H26BrFN6O4/c25-15-1-2-18(17(26)9-15)31-23-16-10-20(30-22(33)3-6-27)21(11-19(16)28-13-29-23)36-12-14-4-7-32(8-5-14)24(34)35/h1-2,9-11,13-14H,3-8,12,27H2,(H,30,33)(H,34,35)(H,28,29,31). The van der Waals surface area contributed by atoms with Crippen LogP contribution in [-0.2, 0) is 4.79 Å². The Morgan fingerprint density at radius 1 is 1.19 bits per heavy atom. The third-order valence-electron chi connectivity index (χ3n) is 5.93. The summed E-state index contributed by atoms with van der Waals surface area (Å²) in [4.78, 5) is 33.5. The third-order valence-corrected chi connectivity index (χ3v) is 6.42. The van der Waals surface area contributed by atoms with E-state index < -0.39 is 11.9 Å². The Hall–Kier alpha value is -3.51. The normalized spacial score (nSPS) is 14.0. The summed E-state index contributed by atoms with van der Waals surface area (Å²) in [6.07, 6.45) is 1.94. The molecule has 1 aliphatic heterocycles. The molecule has 0 bridgehead atoms. The van der Waals surface area contributed by atoms with Crippen molar-refractivity contribution in [2.24, 2.45) is 11.7 Å². The SMILES string of the molecule is NCCC(=O)Nc1cc2c(Nc3ccc(Br)cc3F)ncnc2cc1OCC1CCN(C(=O)O)CC1. The van der Waals surface area contributed by atoms with Gasteiger partial charge in [-0.25, -0.2) is 19.2 Å². The molecule has 0 radical (unpaired) electrons. The molecule has 3 aromatic rings. The molecule has 5 N–H and O–H groups in total. The van der Waals surface area contributed by atoms with Gasteiger partial charge in [0.1, 0.15) is 23.7 Å². The molecule has 12 heteroatoms. The number of rotatable bonds is 8. The van der Waals surface area contributed by atoms with Crippen molar-refractivity contribution >= 4 is 56.0 Å². The van der Waals surface area contributed by atoms with Crippen molar-refractivity contribution in [3.63, 3.8) is 0 Å². The number of amides is 2. The van der Waals surface area contributed by atoms with Crippen LogP contribution in [0, 0.1) is 11.7 Å². The minimum absolute atomic E-state index is 0.131. The molecule has 1 aromatic heterocycles. The molecule has 190 valence electrons. The first-order chi connectivity index (χ1) is 17.3. The number of carbonyl (C=O) groups excluding carboxylic acids is 1. The monoisotopic (exact) mass is 560 g/mol. The number of benzene rings is 2. The first kappa shape index (κ1) is 25.6. The van der Waals surface area contributed by atoms with Crippen LogP contribution < -0.4 is 21.1 Å². The molecule has 2 heterocycles. The van der Waals surface area contributed by atoms with Crippen molar-refractivity contribution in [2.45, 2.75) is 19.3 Å². The summed E-state index contributed by atoms with van der Waals surface area (Å²) in [6, 6.07) is 8.03. The molecule has 1 aliphatic rings. The van der Waals surface area contributed by atoms with Crippen molar-refractivity contribution < 1.29 is 23.8 Å². The van der Waals surface area contributed by atoms with Crippen LogP contribution >= 0.6 is 15.9 Å². The number of hydrogen-bond acceptors (Lipinski definition) is 7. The summed E-state index contributed by atoms with van der Waals surface area (Å²) >= 11 is 3.24. The van der Waals surface area contributed by atoms with Gasteiger partial charge in [0.15, 0.2) is 0 Å². The van der Waals surface area contributed by atoms with E-state index in [4.69, 9.17) is 15.6 Å². The predicted molar refractivity (Wildman–Crippen MR) is 137 cm³/mol. The summed E-state index contributed by atoms with van der Waals surface area (Å²) in [7, 11) is 0. The number of halogens is 2. The van der Waals surface area contributed by atoms with Crippen LogP contribution in [0.25, 0.3) is 10.9 Å². The van der Waals surface area contributed by atoms with Crippen molar-refractivity contribution in [1.29, 1.82) is 0 Å². The van der Waals surface area contributed by atoms with Crippen LogP contribution in [0.1, 0.15) is 19.3 Å². The molecule has 1 saturated heterocycles. The van der Waals surface area contributed by atoms with E-state index in [9.17, 15) is 14.0 Å². The number of carbonyl (C=O) groups is 2. The molecule has 0 atom stereocenters. The van der Waals surface area contributed by atoms with Crippen molar-refractivity contribution in [1.82, 2.24) is 14.9 Å². The zero-order valence-electron chi connectivity index (χ0n) is 19.3. The molecule has 0 spiro atoms. The van der Waals surface area contributed by atoms with Crippen LogP contribution in [0.15, 0.2) is 41.1 Å². The lowest BCUT2D eigenvalue weighted by Gasteiger charge is -2.30. The summed E-state index contributed by atoms with van der Waals surface area (Å²) in [5.41, 5.74) is 6.72. The van der Waals surface area contributed by atoms with E-state index in [1.165, 1.54) is 17.3 Å². The third kappa shape index (κ3) is 6.18. The summed E-state index contributed by atoms with van der Waals surface area (Å²) in [5, 5.41) is 15.5. The molecule has 4 rings (SSSR count). The van der Waals surface area contributed by atoms with E-state index in [0.717, 1.165) is 0 Å². The number of likely N-dealkylation sites (tertiary alicyclic amines) is 1. The summed E-state index contributed by atoms with van der Waals surface area (Å²) in [6.45, 7) is 1.46. The molecule has 36 heavy (non-hydrogen) atoms. The average Bonchev–Trinajstić information content (AvgIpc) is 2.85. The summed E-state index contributed by atoms with van der Waals surface area (Å²) in [5.74, 6) is 0.228. The number of nitrogens with one attached hydrogen (secondary N) is 2. The zero-order valence-corrected chi connectivity index (χ0v) is 20.9. The fourth-order valence-corrected chi connectivity index (χ4v) is 4.29. The summed E-state index contributed by atoms with van der Waals surface area (Å²) < 4.78 is 21.1. The minimum atomic E-state index is -0.916. The Balaban J connectivity index is 1.60. The predicted octanol–water partition coefficient (Wildman–Crippen LogP) is 4.33. The Kier molecular flexibility index (Phi) is 8.16. The Morgan fingerprint density at radius 3 is 2.67 bits per heavy atom. The largest absolute Gasteiger partial charge is 0.491 e. The highest BCUT2D eigenvalue weighted by Gasteiger charge is 2.23. The Morgan fingerprint density at radius 2 is 1.97 bits per heavy atom. The fraction of sp³-hybridized carbons (Fsp3) is 0.333. The van der Waals surface area contributed by atoms with Gasteiger partial charge in [-0.1, -0.05) is 15.9 Å².